The number of methoxy groups -OCH3 is 1. The lowest BCUT2D eigenvalue weighted by atomic mass is 9.87. The molecule has 0 aliphatic carbocycles. The molecule has 0 radical (unpaired) electrons. The molecule has 0 amide bonds. The molecule has 0 N–H and O–H groups in total. The molecule has 0 spiro atoms. The molecule has 1 aliphatic heterocycles. The van der Waals surface area contributed by atoms with Crippen LogP contribution in [-0.4, -0.2) is 50.6 Å². The first-order valence-corrected chi connectivity index (χ1v) is 16.3. The number of carbonyl (C=O) groups is 1. The highest BCUT2D eigenvalue weighted by molar-refractivity contribution is 7.98. The summed E-state index contributed by atoms with van der Waals surface area (Å²) in [5.74, 6) is -0.531. The third-order valence-electron chi connectivity index (χ3n) is 6.64. The minimum absolute atomic E-state index is 0.0736. The van der Waals surface area contributed by atoms with Gasteiger partial charge in [0.1, 0.15) is 4.90 Å². The minimum Gasteiger partial charge on any atom is -0.465 e. The van der Waals surface area contributed by atoms with Crippen molar-refractivity contribution in [2.45, 2.75) is 67.7 Å². The van der Waals surface area contributed by atoms with Crippen LogP contribution in [0.4, 0.5) is 11.4 Å². The van der Waals surface area contributed by atoms with Crippen LogP contribution in [0.2, 0.25) is 0 Å². The normalized spacial score (nSPS) is 17.3. The van der Waals surface area contributed by atoms with Gasteiger partial charge in [-0.15, -0.1) is 11.8 Å². The SMILES string of the molecule is CCCCC1(CCCC)CN(c2ccccc2)c2cc(SC)c(C(=O)OC)cc2S(=O)(=O)N1PC. The Morgan fingerprint density at radius 2 is 1.74 bits per heavy atom. The maximum Gasteiger partial charge on any atom is 0.339 e. The maximum atomic E-state index is 14.4. The van der Waals surface area contributed by atoms with Crippen LogP contribution in [0.15, 0.2) is 52.3 Å². The van der Waals surface area contributed by atoms with Crippen LogP contribution in [0.3, 0.4) is 0 Å². The van der Waals surface area contributed by atoms with Crippen LogP contribution >= 0.6 is 20.5 Å². The van der Waals surface area contributed by atoms with Crippen LogP contribution in [0, 0.1) is 0 Å². The molecule has 1 unspecified atom stereocenters. The van der Waals surface area contributed by atoms with E-state index in [9.17, 15) is 13.2 Å². The number of ether oxygens (including phenoxy) is 1. The number of rotatable bonds is 10. The molecule has 2 aromatic rings. The Kier molecular flexibility index (Phi) is 9.67. The van der Waals surface area contributed by atoms with Crippen LogP contribution in [-0.2, 0) is 14.8 Å². The predicted octanol–water partition coefficient (Wildman–Crippen LogP) is 6.68. The Balaban J connectivity index is 2.39. The van der Waals surface area contributed by atoms with E-state index < -0.39 is 21.5 Å². The molecule has 3 rings (SSSR count). The van der Waals surface area contributed by atoms with Gasteiger partial charge in [-0.3, -0.25) is 0 Å². The second kappa shape index (κ2) is 12.1. The number of sulfonamides is 1. The summed E-state index contributed by atoms with van der Waals surface area (Å²) in [7, 11) is -2.48. The van der Waals surface area contributed by atoms with Crippen molar-refractivity contribution in [1.29, 1.82) is 0 Å². The first-order valence-electron chi connectivity index (χ1n) is 12.1. The lowest BCUT2D eigenvalue weighted by Crippen LogP contribution is -2.52. The van der Waals surface area contributed by atoms with Crippen molar-refractivity contribution in [3.8, 4) is 0 Å². The van der Waals surface area contributed by atoms with Gasteiger partial charge in [0, 0.05) is 17.1 Å². The number of nitrogens with zero attached hydrogens (tertiary/aromatic N) is 2. The summed E-state index contributed by atoms with van der Waals surface area (Å²) in [5, 5.41) is 0. The molecule has 0 fully saturated rings. The van der Waals surface area contributed by atoms with Gasteiger partial charge >= 0.3 is 5.97 Å². The fourth-order valence-corrected chi connectivity index (χ4v) is 9.16. The van der Waals surface area contributed by atoms with Gasteiger partial charge in [0.2, 0.25) is 10.0 Å². The number of unbranched alkanes of at least 4 members (excludes halogenated alkanes) is 2. The van der Waals surface area contributed by atoms with Crippen molar-refractivity contribution in [2.75, 3.05) is 31.5 Å². The fraction of sp³-hybridized carbons (Fsp3) is 0.500. The van der Waals surface area contributed by atoms with Gasteiger partial charge in [0.15, 0.2) is 0 Å². The van der Waals surface area contributed by atoms with Crippen LogP contribution in [0.25, 0.3) is 0 Å². The number of hydrogen-bond acceptors (Lipinski definition) is 6. The number of carbonyl (C=O) groups excluding carboxylic acids is 1. The number of thioether (sulfide) groups is 1. The van der Waals surface area contributed by atoms with E-state index in [1.807, 2.05) is 49.3 Å². The zero-order chi connectivity index (χ0) is 25.6. The second-order valence-electron chi connectivity index (χ2n) is 8.86. The second-order valence-corrected chi connectivity index (χ2v) is 12.7. The molecule has 1 atom stereocenters. The van der Waals surface area contributed by atoms with E-state index in [1.54, 1.807) is 4.08 Å². The van der Waals surface area contributed by atoms with Crippen LogP contribution < -0.4 is 4.90 Å². The number of hydrogen-bond donors (Lipinski definition) is 0. The van der Waals surface area contributed by atoms with Gasteiger partial charge in [-0.1, -0.05) is 57.7 Å². The van der Waals surface area contributed by atoms with Gasteiger partial charge < -0.3 is 9.64 Å². The number of benzene rings is 2. The lowest BCUT2D eigenvalue weighted by Gasteiger charge is -2.43. The first-order chi connectivity index (χ1) is 16.8. The Morgan fingerprint density at radius 3 is 2.26 bits per heavy atom. The minimum atomic E-state index is -3.88. The third kappa shape index (κ3) is 5.56. The van der Waals surface area contributed by atoms with Crippen molar-refractivity contribution in [3.05, 3.63) is 48.0 Å². The summed E-state index contributed by atoms with van der Waals surface area (Å²) < 4.78 is 35.5. The summed E-state index contributed by atoms with van der Waals surface area (Å²) in [5.41, 5.74) is 1.30. The molecule has 0 bridgehead atoms. The van der Waals surface area contributed by atoms with Crippen molar-refractivity contribution in [1.82, 2.24) is 4.08 Å². The van der Waals surface area contributed by atoms with Gasteiger partial charge in [-0.2, -0.15) is 4.08 Å². The van der Waals surface area contributed by atoms with Crippen molar-refractivity contribution >= 4 is 47.9 Å². The van der Waals surface area contributed by atoms with E-state index in [-0.39, 0.29) is 19.2 Å². The Morgan fingerprint density at radius 1 is 1.11 bits per heavy atom. The average molecular weight is 537 g/mol. The van der Waals surface area contributed by atoms with E-state index in [0.717, 1.165) is 44.2 Å². The molecule has 35 heavy (non-hydrogen) atoms. The van der Waals surface area contributed by atoms with Crippen molar-refractivity contribution in [2.24, 2.45) is 0 Å². The Bertz CT molecular complexity index is 1120. The van der Waals surface area contributed by atoms with Gasteiger partial charge in [0.25, 0.3) is 0 Å². The molecule has 0 saturated heterocycles. The zero-order valence-electron chi connectivity index (χ0n) is 21.3. The van der Waals surface area contributed by atoms with E-state index in [1.165, 1.54) is 24.9 Å². The molecule has 9 heteroatoms. The molecule has 0 aromatic heterocycles. The monoisotopic (exact) mass is 536 g/mol. The molecule has 1 aliphatic rings. The maximum absolute atomic E-state index is 14.4. The highest BCUT2D eigenvalue weighted by atomic mass is 32.2. The molecule has 192 valence electrons. The highest BCUT2D eigenvalue weighted by Crippen LogP contribution is 2.49. The van der Waals surface area contributed by atoms with Gasteiger partial charge in [0.05, 0.1) is 23.9 Å². The fourth-order valence-electron chi connectivity index (χ4n) is 4.90. The van der Waals surface area contributed by atoms with Crippen LogP contribution in [0.1, 0.15) is 62.7 Å². The summed E-state index contributed by atoms with van der Waals surface area (Å²) in [6.45, 7) is 6.80. The van der Waals surface area contributed by atoms with Crippen molar-refractivity contribution < 1.29 is 17.9 Å². The summed E-state index contributed by atoms with van der Waals surface area (Å²) in [4.78, 5) is 15.7. The standard InChI is InChI=1S/C26H37N2O4PS2/c1-6-8-15-26(16-9-7-2)19-27(20-13-11-10-12-14-20)22-18-23(34-5)21(25(29)32-3)17-24(22)35(30,31)28(26)33-4/h10-14,17-18,33H,6-9,15-16,19H2,1-5H3. The molecule has 6 nitrogen and oxygen atoms in total. The first kappa shape index (κ1) is 28.0. The summed E-state index contributed by atoms with van der Waals surface area (Å²) in [6.07, 6.45) is 7.36. The van der Waals surface area contributed by atoms with E-state index in [2.05, 4.69) is 18.7 Å². The number of anilines is 2. The molecule has 2 aromatic carbocycles. The molecular weight excluding hydrogens is 499 g/mol. The van der Waals surface area contributed by atoms with Gasteiger partial charge in [-0.05, 0) is 58.8 Å². The Labute approximate surface area is 216 Å². The summed E-state index contributed by atoms with van der Waals surface area (Å²) >= 11 is 1.42. The molecule has 0 saturated carbocycles. The highest BCUT2D eigenvalue weighted by Gasteiger charge is 2.48. The largest absolute Gasteiger partial charge is 0.465 e. The average Bonchev–Trinajstić information content (AvgIpc) is 2.95. The quantitative estimate of drug-likeness (QED) is 0.192. The smallest absolute Gasteiger partial charge is 0.339 e. The zero-order valence-corrected chi connectivity index (χ0v) is 24.0. The lowest BCUT2D eigenvalue weighted by molar-refractivity contribution is 0.0596. The Hall–Kier alpha value is -1.60. The van der Waals surface area contributed by atoms with Crippen molar-refractivity contribution in [3.63, 3.8) is 0 Å². The van der Waals surface area contributed by atoms with Crippen LogP contribution in [0.5, 0.6) is 0 Å². The van der Waals surface area contributed by atoms with E-state index in [0.29, 0.717) is 17.1 Å². The number of para-hydroxylation sites is 1. The number of esters is 1. The van der Waals surface area contributed by atoms with Gasteiger partial charge in [-0.25, -0.2) is 13.2 Å². The van der Waals surface area contributed by atoms with E-state index >= 15 is 0 Å². The summed E-state index contributed by atoms with van der Waals surface area (Å²) in [6, 6.07) is 13.4. The van der Waals surface area contributed by atoms with E-state index in [4.69, 9.17) is 4.74 Å². The third-order valence-corrected chi connectivity index (χ3v) is 11.3. The molecular formula is C26H37N2O4PS2. The number of fused-ring (bicyclic) bond motifs is 1. The molecule has 1 heterocycles. The predicted molar refractivity (Wildman–Crippen MR) is 148 cm³/mol. The topological polar surface area (TPSA) is 66.9 Å².